The minimum Gasteiger partial charge on any atom is -0.310 e. The van der Waals surface area contributed by atoms with Crippen LogP contribution in [0.4, 0.5) is 4.39 Å². The molecule has 0 amide bonds. The maximum absolute atomic E-state index is 14.4. The van der Waals surface area contributed by atoms with Gasteiger partial charge in [0.2, 0.25) is 0 Å². The largest absolute Gasteiger partial charge is 0.310 e. The monoisotopic (exact) mass is 285 g/mol. The van der Waals surface area contributed by atoms with Gasteiger partial charge in [-0.25, -0.2) is 4.39 Å². The topological polar surface area (TPSA) is 12.0 Å². The molecule has 1 nitrogen and oxygen atoms in total. The molecule has 0 aromatic heterocycles. The van der Waals surface area contributed by atoms with E-state index >= 15 is 0 Å². The van der Waals surface area contributed by atoms with Crippen molar-refractivity contribution in [1.82, 2.24) is 5.32 Å². The van der Waals surface area contributed by atoms with Gasteiger partial charge in [-0.1, -0.05) is 37.3 Å². The van der Waals surface area contributed by atoms with Crippen molar-refractivity contribution >= 4 is 0 Å². The van der Waals surface area contributed by atoms with Gasteiger partial charge in [-0.3, -0.25) is 0 Å². The van der Waals surface area contributed by atoms with Gasteiger partial charge in [-0.05, 0) is 62.1 Å². The second-order valence-electron chi connectivity index (χ2n) is 5.72. The van der Waals surface area contributed by atoms with Crippen LogP contribution in [-0.4, -0.2) is 6.54 Å². The smallest absolute Gasteiger partial charge is 0.128 e. The fourth-order valence-electron chi connectivity index (χ4n) is 2.95. The van der Waals surface area contributed by atoms with Crippen LogP contribution in [-0.2, 0) is 6.42 Å². The lowest BCUT2D eigenvalue weighted by molar-refractivity contribution is 0.506. The predicted octanol–water partition coefficient (Wildman–Crippen LogP) is 4.64. The van der Waals surface area contributed by atoms with Crippen molar-refractivity contribution in [2.75, 3.05) is 6.54 Å². The van der Waals surface area contributed by atoms with Gasteiger partial charge in [0.25, 0.3) is 0 Å². The molecule has 2 aromatic carbocycles. The van der Waals surface area contributed by atoms with Gasteiger partial charge in [0.1, 0.15) is 5.82 Å². The molecule has 1 atom stereocenters. The minimum atomic E-state index is -0.105. The molecular formula is C19H24FN. The van der Waals surface area contributed by atoms with Crippen molar-refractivity contribution in [3.05, 3.63) is 70.0 Å². The Morgan fingerprint density at radius 2 is 1.76 bits per heavy atom. The first kappa shape index (κ1) is 15.7. The highest BCUT2D eigenvalue weighted by molar-refractivity contribution is 5.36. The van der Waals surface area contributed by atoms with Gasteiger partial charge < -0.3 is 5.32 Å². The summed E-state index contributed by atoms with van der Waals surface area (Å²) in [7, 11) is 0. The van der Waals surface area contributed by atoms with Crippen molar-refractivity contribution in [3.8, 4) is 0 Å². The third-order valence-electron chi connectivity index (χ3n) is 3.96. The first-order chi connectivity index (χ1) is 10.0. The summed E-state index contributed by atoms with van der Waals surface area (Å²) in [6.07, 6.45) is 0.807. The highest BCUT2D eigenvalue weighted by Gasteiger charge is 2.19. The van der Waals surface area contributed by atoms with E-state index in [1.54, 1.807) is 6.07 Å². The second kappa shape index (κ2) is 6.86. The molecule has 0 fully saturated rings. The van der Waals surface area contributed by atoms with Crippen LogP contribution >= 0.6 is 0 Å². The molecule has 0 aliphatic heterocycles. The molecule has 0 saturated heterocycles. The molecular weight excluding hydrogens is 261 g/mol. The molecule has 0 aliphatic rings. The average molecular weight is 285 g/mol. The maximum Gasteiger partial charge on any atom is 0.128 e. The molecule has 2 aromatic rings. The Kier molecular flexibility index (Phi) is 5.13. The Morgan fingerprint density at radius 3 is 2.38 bits per heavy atom. The molecule has 21 heavy (non-hydrogen) atoms. The third kappa shape index (κ3) is 3.70. The maximum atomic E-state index is 14.4. The van der Waals surface area contributed by atoms with Crippen LogP contribution in [0, 0.1) is 26.6 Å². The van der Waals surface area contributed by atoms with Gasteiger partial charge in [0, 0.05) is 11.6 Å². The summed E-state index contributed by atoms with van der Waals surface area (Å²) in [4.78, 5) is 0. The van der Waals surface area contributed by atoms with Crippen LogP contribution in [0.25, 0.3) is 0 Å². The van der Waals surface area contributed by atoms with Gasteiger partial charge in [0.15, 0.2) is 0 Å². The number of hydrogen-bond donors (Lipinski definition) is 1. The first-order valence-corrected chi connectivity index (χ1v) is 7.57. The van der Waals surface area contributed by atoms with E-state index < -0.39 is 0 Å². The number of likely N-dealkylation sites (N-methyl/N-ethyl adjacent to an activating group) is 1. The Hall–Kier alpha value is -1.67. The molecule has 2 heteroatoms. The van der Waals surface area contributed by atoms with Gasteiger partial charge in [-0.15, -0.1) is 0 Å². The Bertz CT molecular complexity index is 596. The summed E-state index contributed by atoms with van der Waals surface area (Å²) < 4.78 is 14.4. The van der Waals surface area contributed by atoms with Crippen molar-refractivity contribution < 1.29 is 4.39 Å². The van der Waals surface area contributed by atoms with Gasteiger partial charge in [0.05, 0.1) is 0 Å². The second-order valence-corrected chi connectivity index (χ2v) is 5.72. The Balaban J connectivity index is 2.38. The average Bonchev–Trinajstić information content (AvgIpc) is 2.40. The van der Waals surface area contributed by atoms with E-state index in [4.69, 9.17) is 0 Å². The van der Waals surface area contributed by atoms with Gasteiger partial charge in [-0.2, -0.15) is 0 Å². The number of rotatable bonds is 5. The number of benzene rings is 2. The summed E-state index contributed by atoms with van der Waals surface area (Å²) in [5.41, 5.74) is 5.31. The van der Waals surface area contributed by atoms with E-state index in [9.17, 15) is 4.39 Å². The van der Waals surface area contributed by atoms with E-state index in [1.165, 1.54) is 11.1 Å². The van der Waals surface area contributed by atoms with Crippen LogP contribution in [0.5, 0.6) is 0 Å². The van der Waals surface area contributed by atoms with Crippen LogP contribution < -0.4 is 5.32 Å². The first-order valence-electron chi connectivity index (χ1n) is 7.57. The van der Waals surface area contributed by atoms with E-state index in [0.717, 1.165) is 29.7 Å². The summed E-state index contributed by atoms with van der Waals surface area (Å²) >= 11 is 0. The van der Waals surface area contributed by atoms with Crippen LogP contribution in [0.2, 0.25) is 0 Å². The minimum absolute atomic E-state index is 0.0108. The van der Waals surface area contributed by atoms with Crippen molar-refractivity contribution in [3.63, 3.8) is 0 Å². The van der Waals surface area contributed by atoms with Crippen LogP contribution in [0.15, 0.2) is 36.4 Å². The predicted molar refractivity (Wildman–Crippen MR) is 87.2 cm³/mol. The molecule has 0 bridgehead atoms. The van der Waals surface area contributed by atoms with Gasteiger partial charge >= 0.3 is 0 Å². The van der Waals surface area contributed by atoms with Crippen LogP contribution in [0.1, 0.15) is 40.8 Å². The zero-order valence-corrected chi connectivity index (χ0v) is 13.3. The van der Waals surface area contributed by atoms with Crippen molar-refractivity contribution in [1.29, 1.82) is 0 Å². The lowest BCUT2D eigenvalue weighted by Gasteiger charge is -2.22. The van der Waals surface area contributed by atoms with E-state index in [-0.39, 0.29) is 11.9 Å². The SMILES string of the molecule is CCNC(Cc1ccccc1C)c1c(C)cc(C)cc1F. The molecule has 1 N–H and O–H groups in total. The normalized spacial score (nSPS) is 12.4. The molecule has 0 saturated carbocycles. The molecule has 0 spiro atoms. The molecule has 0 radical (unpaired) electrons. The zero-order valence-electron chi connectivity index (χ0n) is 13.3. The molecule has 1 unspecified atom stereocenters. The molecule has 2 rings (SSSR count). The zero-order chi connectivity index (χ0) is 15.4. The van der Waals surface area contributed by atoms with Crippen LogP contribution in [0.3, 0.4) is 0 Å². The molecule has 0 aliphatic carbocycles. The number of nitrogens with one attached hydrogen (secondary N) is 1. The summed E-state index contributed by atoms with van der Waals surface area (Å²) in [6, 6.07) is 12.0. The summed E-state index contributed by atoms with van der Waals surface area (Å²) in [6.45, 7) is 8.92. The Labute approximate surface area is 127 Å². The number of halogens is 1. The quantitative estimate of drug-likeness (QED) is 0.843. The lowest BCUT2D eigenvalue weighted by atomic mass is 9.92. The molecule has 0 heterocycles. The highest BCUT2D eigenvalue weighted by Crippen LogP contribution is 2.26. The van der Waals surface area contributed by atoms with Crippen molar-refractivity contribution in [2.24, 2.45) is 0 Å². The van der Waals surface area contributed by atoms with Crippen molar-refractivity contribution in [2.45, 2.75) is 40.2 Å². The van der Waals surface area contributed by atoms with E-state index in [1.807, 2.05) is 26.0 Å². The number of hydrogen-bond acceptors (Lipinski definition) is 1. The number of aryl methyl sites for hydroxylation is 3. The summed E-state index contributed by atoms with van der Waals surface area (Å²) in [5.74, 6) is -0.105. The highest BCUT2D eigenvalue weighted by atomic mass is 19.1. The lowest BCUT2D eigenvalue weighted by Crippen LogP contribution is -2.25. The third-order valence-corrected chi connectivity index (χ3v) is 3.96. The van der Waals surface area contributed by atoms with E-state index in [2.05, 4.69) is 37.4 Å². The summed E-state index contributed by atoms with van der Waals surface area (Å²) in [5, 5.41) is 3.44. The Morgan fingerprint density at radius 1 is 1.05 bits per heavy atom. The fraction of sp³-hybridized carbons (Fsp3) is 0.368. The standard InChI is InChI=1S/C19H24FN/c1-5-21-18(12-16-9-7-6-8-14(16)3)19-15(4)10-13(2)11-17(19)20/h6-11,18,21H,5,12H2,1-4H3. The fourth-order valence-corrected chi connectivity index (χ4v) is 2.95. The molecule has 112 valence electrons. The van der Waals surface area contributed by atoms with E-state index in [0.29, 0.717) is 0 Å².